The van der Waals surface area contributed by atoms with Crippen molar-refractivity contribution in [1.29, 1.82) is 0 Å². The Labute approximate surface area is 167 Å². The van der Waals surface area contributed by atoms with Crippen LogP contribution in [0.3, 0.4) is 0 Å². The zero-order valence-electron chi connectivity index (χ0n) is 17.1. The molecule has 28 heavy (non-hydrogen) atoms. The van der Waals surface area contributed by atoms with Crippen molar-refractivity contribution in [3.63, 3.8) is 0 Å². The van der Waals surface area contributed by atoms with Gasteiger partial charge in [0.2, 0.25) is 0 Å². The van der Waals surface area contributed by atoms with Crippen LogP contribution in [0.25, 0.3) is 6.08 Å². The minimum atomic E-state index is -0.540. The number of nitrogens with one attached hydrogen (secondary N) is 1. The first-order chi connectivity index (χ1) is 13.3. The van der Waals surface area contributed by atoms with Crippen LogP contribution in [0.15, 0.2) is 54.6 Å². The fourth-order valence-electron chi connectivity index (χ4n) is 2.81. The van der Waals surface area contributed by atoms with Crippen molar-refractivity contribution < 1.29 is 14.3 Å². The van der Waals surface area contributed by atoms with Gasteiger partial charge in [-0.3, -0.25) is 4.79 Å². The Morgan fingerprint density at radius 2 is 1.64 bits per heavy atom. The van der Waals surface area contributed by atoms with Gasteiger partial charge in [-0.1, -0.05) is 67.9 Å². The molecular weight excluding hydrogens is 350 g/mol. The molecule has 1 atom stereocenters. The molecule has 0 fully saturated rings. The predicted molar refractivity (Wildman–Crippen MR) is 113 cm³/mol. The highest BCUT2D eigenvalue weighted by Gasteiger charge is 2.11. The van der Waals surface area contributed by atoms with E-state index in [1.54, 1.807) is 6.08 Å². The van der Waals surface area contributed by atoms with Gasteiger partial charge in [-0.15, -0.1) is 0 Å². The fourth-order valence-corrected chi connectivity index (χ4v) is 2.81. The van der Waals surface area contributed by atoms with Gasteiger partial charge >= 0.3 is 5.97 Å². The molecule has 0 aliphatic carbocycles. The summed E-state index contributed by atoms with van der Waals surface area (Å²) >= 11 is 0. The molecule has 2 rings (SSSR count). The van der Waals surface area contributed by atoms with Crippen LogP contribution in [0, 0.1) is 12.8 Å². The molecular formula is C24H29NO3. The largest absolute Gasteiger partial charge is 0.452 e. The Bertz CT molecular complexity index is 805. The molecule has 0 aliphatic heterocycles. The molecule has 0 heterocycles. The first-order valence-electron chi connectivity index (χ1n) is 9.63. The van der Waals surface area contributed by atoms with Gasteiger partial charge in [0.25, 0.3) is 5.91 Å². The average molecular weight is 380 g/mol. The predicted octanol–water partition coefficient (Wildman–Crippen LogP) is 4.63. The highest BCUT2D eigenvalue weighted by molar-refractivity contribution is 5.89. The van der Waals surface area contributed by atoms with Crippen LogP contribution in [0.5, 0.6) is 0 Å². The van der Waals surface area contributed by atoms with Crippen LogP contribution in [0.2, 0.25) is 0 Å². The molecule has 4 heteroatoms. The van der Waals surface area contributed by atoms with Gasteiger partial charge < -0.3 is 10.1 Å². The lowest BCUT2D eigenvalue weighted by Gasteiger charge is -2.15. The lowest BCUT2D eigenvalue weighted by atomic mass is 10.00. The minimum absolute atomic E-state index is 0.151. The molecule has 4 nitrogen and oxygen atoms in total. The number of carbonyl (C=O) groups excluding carboxylic acids is 2. The average Bonchev–Trinajstić information content (AvgIpc) is 2.66. The first-order valence-corrected chi connectivity index (χ1v) is 9.63. The lowest BCUT2D eigenvalue weighted by molar-refractivity contribution is -0.144. The van der Waals surface area contributed by atoms with Crippen LogP contribution in [0.4, 0.5) is 0 Å². The van der Waals surface area contributed by atoms with Crippen molar-refractivity contribution in [3.8, 4) is 0 Å². The van der Waals surface area contributed by atoms with Crippen LogP contribution in [-0.2, 0) is 20.7 Å². The van der Waals surface area contributed by atoms with Gasteiger partial charge in [0, 0.05) is 6.08 Å². The normalized spacial score (nSPS) is 12.2. The number of benzene rings is 2. The van der Waals surface area contributed by atoms with Crippen LogP contribution >= 0.6 is 0 Å². The summed E-state index contributed by atoms with van der Waals surface area (Å²) in [7, 11) is 0. The molecule has 0 radical (unpaired) electrons. The molecule has 1 amide bonds. The highest BCUT2D eigenvalue weighted by atomic mass is 16.5. The molecule has 0 saturated heterocycles. The third-order valence-electron chi connectivity index (χ3n) is 4.34. The van der Waals surface area contributed by atoms with Crippen LogP contribution < -0.4 is 5.32 Å². The topological polar surface area (TPSA) is 55.4 Å². The third-order valence-corrected chi connectivity index (χ3v) is 4.34. The molecule has 2 aromatic carbocycles. The first kappa shape index (κ1) is 21.4. The zero-order chi connectivity index (χ0) is 20.5. The molecule has 148 valence electrons. The molecule has 0 unspecified atom stereocenters. The molecule has 2 aromatic rings. The van der Waals surface area contributed by atoms with E-state index in [4.69, 9.17) is 4.74 Å². The SMILES string of the molecule is Cc1ccc(/C=C/C(=O)OCC(=O)N[C@@H](C)c2ccc(CC(C)C)cc2)cc1. The molecule has 0 bridgehead atoms. The van der Waals surface area contributed by atoms with E-state index in [1.807, 2.05) is 50.2 Å². The quantitative estimate of drug-likeness (QED) is 0.537. The number of amides is 1. The maximum Gasteiger partial charge on any atom is 0.331 e. The highest BCUT2D eigenvalue weighted by Crippen LogP contribution is 2.15. The van der Waals surface area contributed by atoms with Gasteiger partial charge in [0.1, 0.15) is 0 Å². The van der Waals surface area contributed by atoms with E-state index in [9.17, 15) is 9.59 Å². The van der Waals surface area contributed by atoms with E-state index in [2.05, 4.69) is 31.3 Å². The maximum absolute atomic E-state index is 12.0. The van der Waals surface area contributed by atoms with Crippen LogP contribution in [0.1, 0.15) is 49.1 Å². The summed E-state index contributed by atoms with van der Waals surface area (Å²) in [6, 6.07) is 15.9. The fraction of sp³-hybridized carbons (Fsp3) is 0.333. The number of carbonyl (C=O) groups is 2. The summed E-state index contributed by atoms with van der Waals surface area (Å²) in [6.45, 7) is 7.99. The number of hydrogen-bond donors (Lipinski definition) is 1. The second kappa shape index (κ2) is 10.5. The van der Waals surface area contributed by atoms with Gasteiger partial charge in [0.15, 0.2) is 6.61 Å². The van der Waals surface area contributed by atoms with Crippen molar-refractivity contribution in [2.45, 2.75) is 40.2 Å². The Morgan fingerprint density at radius 1 is 1.00 bits per heavy atom. The van der Waals surface area contributed by atoms with Crippen molar-refractivity contribution in [1.82, 2.24) is 5.32 Å². The monoisotopic (exact) mass is 379 g/mol. The number of rotatable bonds is 8. The van der Waals surface area contributed by atoms with E-state index in [-0.39, 0.29) is 18.6 Å². The Morgan fingerprint density at radius 3 is 2.25 bits per heavy atom. The van der Waals surface area contributed by atoms with Gasteiger partial charge in [0.05, 0.1) is 6.04 Å². The van der Waals surface area contributed by atoms with Crippen molar-refractivity contribution in [2.24, 2.45) is 5.92 Å². The lowest BCUT2D eigenvalue weighted by Crippen LogP contribution is -2.30. The third kappa shape index (κ3) is 7.39. The van der Waals surface area contributed by atoms with Crippen molar-refractivity contribution >= 4 is 18.0 Å². The second-order valence-corrected chi connectivity index (χ2v) is 7.48. The van der Waals surface area contributed by atoms with Crippen molar-refractivity contribution in [2.75, 3.05) is 6.61 Å². The molecule has 0 saturated carbocycles. The summed E-state index contributed by atoms with van der Waals surface area (Å²) in [6.07, 6.45) is 4.03. The summed E-state index contributed by atoms with van der Waals surface area (Å²) in [5.41, 5.74) is 4.36. The van der Waals surface area contributed by atoms with E-state index < -0.39 is 5.97 Å². The van der Waals surface area contributed by atoms with Gasteiger partial charge in [-0.25, -0.2) is 4.79 Å². The number of ether oxygens (including phenoxy) is 1. The summed E-state index contributed by atoms with van der Waals surface area (Å²) in [4.78, 5) is 23.8. The zero-order valence-corrected chi connectivity index (χ0v) is 17.1. The molecule has 0 aliphatic rings. The second-order valence-electron chi connectivity index (χ2n) is 7.48. The smallest absolute Gasteiger partial charge is 0.331 e. The van der Waals surface area contributed by atoms with Gasteiger partial charge in [-0.2, -0.15) is 0 Å². The van der Waals surface area contributed by atoms with E-state index in [0.29, 0.717) is 5.92 Å². The molecule has 0 aromatic heterocycles. The van der Waals surface area contributed by atoms with Crippen molar-refractivity contribution in [3.05, 3.63) is 76.9 Å². The summed E-state index contributed by atoms with van der Waals surface area (Å²) < 4.78 is 5.01. The molecule has 0 spiro atoms. The standard InChI is InChI=1S/C24H29NO3/c1-17(2)15-21-9-12-22(13-10-21)19(4)25-23(26)16-28-24(27)14-11-20-7-5-18(3)6-8-20/h5-14,17,19H,15-16H2,1-4H3,(H,25,26)/b14-11+/t19-/m0/s1. The van der Waals surface area contributed by atoms with Crippen LogP contribution in [-0.4, -0.2) is 18.5 Å². The van der Waals surface area contributed by atoms with E-state index in [1.165, 1.54) is 11.6 Å². The molecule has 1 N–H and O–H groups in total. The summed E-state index contributed by atoms with van der Waals surface area (Å²) in [5, 5.41) is 2.85. The Balaban J connectivity index is 1.78. The Kier molecular flexibility index (Phi) is 8.00. The number of hydrogen-bond acceptors (Lipinski definition) is 3. The Hall–Kier alpha value is -2.88. The van der Waals surface area contributed by atoms with Gasteiger partial charge in [-0.05, 0) is 49.0 Å². The maximum atomic E-state index is 12.0. The minimum Gasteiger partial charge on any atom is -0.452 e. The van der Waals surface area contributed by atoms with E-state index in [0.717, 1.165) is 23.1 Å². The van der Waals surface area contributed by atoms with E-state index >= 15 is 0 Å². The summed E-state index contributed by atoms with van der Waals surface area (Å²) in [5.74, 6) is -0.255. The number of aryl methyl sites for hydroxylation is 1. The number of esters is 1.